The predicted octanol–water partition coefficient (Wildman–Crippen LogP) is 2.39. The first-order valence-corrected chi connectivity index (χ1v) is 7.64. The number of carbonyl (C=O) groups excluding carboxylic acids is 1. The van der Waals surface area contributed by atoms with Gasteiger partial charge in [0.15, 0.2) is 0 Å². The monoisotopic (exact) mass is 290 g/mol. The zero-order valence-corrected chi connectivity index (χ0v) is 12.2. The number of aryl methyl sites for hydroxylation is 1. The van der Waals surface area contributed by atoms with Crippen LogP contribution in [0.5, 0.6) is 0 Å². The minimum absolute atomic E-state index is 0.0555. The Morgan fingerprint density at radius 3 is 3.05 bits per heavy atom. The molecule has 0 bridgehead atoms. The van der Waals surface area contributed by atoms with Crippen LogP contribution in [-0.4, -0.2) is 35.1 Å². The van der Waals surface area contributed by atoms with Crippen molar-refractivity contribution in [2.75, 3.05) is 18.8 Å². The second-order valence-corrected chi connectivity index (χ2v) is 6.44. The molecule has 20 heavy (non-hydrogen) atoms. The largest absolute Gasteiger partial charge is 0.397 e. The molecule has 2 aromatic rings. The van der Waals surface area contributed by atoms with E-state index in [0.29, 0.717) is 23.7 Å². The first-order chi connectivity index (χ1) is 9.56. The van der Waals surface area contributed by atoms with Crippen molar-refractivity contribution in [1.82, 2.24) is 4.90 Å². The van der Waals surface area contributed by atoms with E-state index in [-0.39, 0.29) is 5.91 Å². The summed E-state index contributed by atoms with van der Waals surface area (Å²) in [6.07, 6.45) is 1.20. The van der Waals surface area contributed by atoms with Crippen molar-refractivity contribution in [3.05, 3.63) is 28.6 Å². The predicted molar refractivity (Wildman–Crippen MR) is 82.1 cm³/mol. The molecule has 0 spiro atoms. The van der Waals surface area contributed by atoms with Gasteiger partial charge in [0.25, 0.3) is 5.91 Å². The number of likely N-dealkylation sites (tertiary alicyclic amines) is 1. The fourth-order valence-corrected chi connectivity index (χ4v) is 3.85. The van der Waals surface area contributed by atoms with Crippen LogP contribution in [0.2, 0.25) is 0 Å². The van der Waals surface area contributed by atoms with Gasteiger partial charge in [-0.25, -0.2) is 0 Å². The molecule has 1 atom stereocenters. The fourth-order valence-electron chi connectivity index (χ4n) is 2.67. The number of hydrogen-bond donors (Lipinski definition) is 2. The molecule has 1 aliphatic heterocycles. The summed E-state index contributed by atoms with van der Waals surface area (Å²) in [7, 11) is 0. The number of carbonyl (C=O) groups is 1. The second kappa shape index (κ2) is 5.07. The lowest BCUT2D eigenvalue weighted by atomic mass is 10.1. The molecule has 5 heteroatoms. The van der Waals surface area contributed by atoms with E-state index in [1.54, 1.807) is 4.90 Å². The van der Waals surface area contributed by atoms with Crippen molar-refractivity contribution >= 4 is 33.0 Å². The van der Waals surface area contributed by atoms with E-state index in [1.807, 2.05) is 19.1 Å². The lowest BCUT2D eigenvalue weighted by Gasteiger charge is -2.29. The van der Waals surface area contributed by atoms with Crippen LogP contribution in [0.25, 0.3) is 10.1 Å². The number of nitrogens with zero attached hydrogens (tertiary/aromatic N) is 1. The highest BCUT2D eigenvalue weighted by Crippen LogP contribution is 2.35. The van der Waals surface area contributed by atoms with Gasteiger partial charge in [0.1, 0.15) is 4.88 Å². The smallest absolute Gasteiger partial charge is 0.266 e. The van der Waals surface area contributed by atoms with Crippen LogP contribution >= 0.6 is 11.3 Å². The molecule has 1 amide bonds. The van der Waals surface area contributed by atoms with E-state index in [4.69, 9.17) is 5.73 Å². The molecule has 1 aromatic heterocycles. The number of piperidine rings is 1. The molecule has 4 nitrogen and oxygen atoms in total. The molecule has 0 saturated carbocycles. The number of anilines is 1. The highest BCUT2D eigenvalue weighted by atomic mass is 32.1. The molecular formula is C15H18N2O2S. The zero-order chi connectivity index (χ0) is 14.3. The molecule has 1 aromatic carbocycles. The van der Waals surface area contributed by atoms with Crippen LogP contribution in [0.15, 0.2) is 18.2 Å². The van der Waals surface area contributed by atoms with Crippen molar-refractivity contribution < 1.29 is 9.90 Å². The Morgan fingerprint density at radius 1 is 1.50 bits per heavy atom. The molecule has 3 N–H and O–H groups in total. The molecule has 1 unspecified atom stereocenters. The van der Waals surface area contributed by atoms with Gasteiger partial charge in [-0.1, -0.05) is 12.1 Å². The number of nitrogens with two attached hydrogens (primary N) is 1. The van der Waals surface area contributed by atoms with Crippen LogP contribution in [0.1, 0.15) is 28.1 Å². The van der Waals surface area contributed by atoms with Crippen LogP contribution < -0.4 is 5.73 Å². The van der Waals surface area contributed by atoms with Crippen LogP contribution in [0.3, 0.4) is 0 Å². The van der Waals surface area contributed by atoms with E-state index < -0.39 is 6.10 Å². The second-order valence-electron chi connectivity index (χ2n) is 5.39. The van der Waals surface area contributed by atoms with Gasteiger partial charge in [0.05, 0.1) is 11.8 Å². The quantitative estimate of drug-likeness (QED) is 0.847. The number of amides is 1. The number of rotatable bonds is 1. The summed E-state index contributed by atoms with van der Waals surface area (Å²) < 4.78 is 1.04. The van der Waals surface area contributed by atoms with E-state index in [2.05, 4.69) is 6.07 Å². The molecule has 3 rings (SSSR count). The molecule has 1 fully saturated rings. The van der Waals surface area contributed by atoms with Crippen molar-refractivity contribution in [3.63, 3.8) is 0 Å². The number of benzene rings is 1. The fraction of sp³-hybridized carbons (Fsp3) is 0.400. The molecule has 2 heterocycles. The summed E-state index contributed by atoms with van der Waals surface area (Å²) in [6.45, 7) is 3.13. The molecule has 1 saturated heterocycles. The standard InChI is InChI=1S/C15H18N2O2S/c1-9-4-5-11-12(7-9)20-14(13(11)16)15(19)17-6-2-3-10(18)8-17/h4-5,7,10,18H,2-3,6,8,16H2,1H3. The van der Waals surface area contributed by atoms with Gasteiger partial charge in [0, 0.05) is 23.2 Å². The topological polar surface area (TPSA) is 66.6 Å². The number of hydrogen-bond acceptors (Lipinski definition) is 4. The summed E-state index contributed by atoms with van der Waals surface area (Å²) >= 11 is 1.44. The highest BCUT2D eigenvalue weighted by Gasteiger charge is 2.26. The van der Waals surface area contributed by atoms with E-state index in [0.717, 1.165) is 28.5 Å². The van der Waals surface area contributed by atoms with Crippen molar-refractivity contribution in [1.29, 1.82) is 0 Å². The lowest BCUT2D eigenvalue weighted by Crippen LogP contribution is -2.42. The van der Waals surface area contributed by atoms with Crippen LogP contribution in [0.4, 0.5) is 5.69 Å². The molecule has 0 radical (unpaired) electrons. The van der Waals surface area contributed by atoms with Gasteiger partial charge in [-0.2, -0.15) is 0 Å². The normalized spacial score (nSPS) is 19.5. The number of fused-ring (bicyclic) bond motifs is 1. The third kappa shape index (κ3) is 2.27. The number of thiophene rings is 1. The van der Waals surface area contributed by atoms with Gasteiger partial charge < -0.3 is 15.7 Å². The number of aliphatic hydroxyl groups is 1. The summed E-state index contributed by atoms with van der Waals surface area (Å²) in [5, 5.41) is 10.6. The van der Waals surface area contributed by atoms with Crippen molar-refractivity contribution in [2.45, 2.75) is 25.9 Å². The molecule has 0 aliphatic carbocycles. The van der Waals surface area contributed by atoms with E-state index in [9.17, 15) is 9.90 Å². The number of nitrogen functional groups attached to an aromatic ring is 1. The summed E-state index contributed by atoms with van der Waals surface area (Å²) in [5.74, 6) is -0.0555. The molecule has 106 valence electrons. The van der Waals surface area contributed by atoms with Crippen molar-refractivity contribution in [2.24, 2.45) is 0 Å². The molecular weight excluding hydrogens is 272 g/mol. The Labute approximate surface area is 121 Å². The Kier molecular flexibility index (Phi) is 3.40. The summed E-state index contributed by atoms with van der Waals surface area (Å²) in [5.41, 5.74) is 7.86. The number of β-amino-alcohol motifs (C(OH)–C–C–N with tert-alkyl or cyclic N) is 1. The average molecular weight is 290 g/mol. The molecule has 1 aliphatic rings. The number of aliphatic hydroxyl groups excluding tert-OH is 1. The van der Waals surface area contributed by atoms with E-state index in [1.165, 1.54) is 11.3 Å². The minimum Gasteiger partial charge on any atom is -0.397 e. The maximum Gasteiger partial charge on any atom is 0.266 e. The van der Waals surface area contributed by atoms with Gasteiger partial charge in [-0.15, -0.1) is 11.3 Å². The summed E-state index contributed by atoms with van der Waals surface area (Å²) in [6, 6.07) is 6.03. The Balaban J connectivity index is 1.97. The summed E-state index contributed by atoms with van der Waals surface area (Å²) in [4.78, 5) is 14.9. The van der Waals surface area contributed by atoms with Gasteiger partial charge in [-0.05, 0) is 31.4 Å². The lowest BCUT2D eigenvalue weighted by molar-refractivity contribution is 0.0478. The SMILES string of the molecule is Cc1ccc2c(N)c(C(=O)N3CCCC(O)C3)sc2c1. The van der Waals surface area contributed by atoms with Gasteiger partial charge >= 0.3 is 0 Å². The third-order valence-corrected chi connectivity index (χ3v) is 4.92. The van der Waals surface area contributed by atoms with Crippen LogP contribution in [-0.2, 0) is 0 Å². The zero-order valence-electron chi connectivity index (χ0n) is 11.4. The Bertz CT molecular complexity index is 665. The minimum atomic E-state index is -0.412. The first-order valence-electron chi connectivity index (χ1n) is 6.82. The maximum absolute atomic E-state index is 12.6. The third-order valence-electron chi connectivity index (χ3n) is 3.76. The van der Waals surface area contributed by atoms with E-state index >= 15 is 0 Å². The highest BCUT2D eigenvalue weighted by molar-refractivity contribution is 7.21. The Hall–Kier alpha value is -1.59. The first kappa shape index (κ1) is 13.4. The van der Waals surface area contributed by atoms with Gasteiger partial charge in [0.2, 0.25) is 0 Å². The van der Waals surface area contributed by atoms with Crippen LogP contribution in [0, 0.1) is 6.92 Å². The Morgan fingerprint density at radius 2 is 2.30 bits per heavy atom. The maximum atomic E-state index is 12.6. The van der Waals surface area contributed by atoms with Gasteiger partial charge in [-0.3, -0.25) is 4.79 Å². The van der Waals surface area contributed by atoms with Crippen molar-refractivity contribution in [3.8, 4) is 0 Å². The average Bonchev–Trinajstić information content (AvgIpc) is 2.74.